The zero-order valence-corrected chi connectivity index (χ0v) is 12.1. The van der Waals surface area contributed by atoms with Crippen LogP contribution < -0.4 is 5.73 Å². The molecule has 0 aromatic carbocycles. The summed E-state index contributed by atoms with van der Waals surface area (Å²) >= 11 is 0. The van der Waals surface area contributed by atoms with Crippen LogP contribution in [0.3, 0.4) is 0 Å². The Morgan fingerprint density at radius 3 is 2.79 bits per heavy atom. The number of ether oxygens (including phenoxy) is 1. The van der Waals surface area contributed by atoms with Crippen molar-refractivity contribution in [3.05, 3.63) is 11.4 Å². The highest BCUT2D eigenvalue weighted by Crippen LogP contribution is 2.36. The van der Waals surface area contributed by atoms with E-state index < -0.39 is 0 Å². The first-order chi connectivity index (χ1) is 9.27. The van der Waals surface area contributed by atoms with E-state index in [1.54, 1.807) is 7.11 Å². The molecule has 0 amide bonds. The molecule has 1 aliphatic rings. The lowest BCUT2D eigenvalue weighted by Crippen LogP contribution is -2.16. The predicted molar refractivity (Wildman–Crippen MR) is 75.2 cm³/mol. The molecule has 0 aliphatic heterocycles. The minimum atomic E-state index is 0.342. The molecule has 0 saturated heterocycles. The molecule has 108 valence electrons. The Morgan fingerprint density at radius 2 is 2.16 bits per heavy atom. The van der Waals surface area contributed by atoms with E-state index in [1.807, 2.05) is 0 Å². The van der Waals surface area contributed by atoms with Gasteiger partial charge < -0.3 is 10.5 Å². The number of nitrogens with zero attached hydrogens (tertiary/aromatic N) is 3. The van der Waals surface area contributed by atoms with Crippen LogP contribution in [0.4, 0.5) is 0 Å². The molecule has 5 heteroatoms. The highest BCUT2D eigenvalue weighted by molar-refractivity contribution is 5.18. The van der Waals surface area contributed by atoms with E-state index in [2.05, 4.69) is 21.9 Å². The summed E-state index contributed by atoms with van der Waals surface area (Å²) in [5.41, 5.74) is 8.15. The second kappa shape index (κ2) is 7.01. The lowest BCUT2D eigenvalue weighted by molar-refractivity contribution is 0.177. The minimum Gasteiger partial charge on any atom is -0.385 e. The van der Waals surface area contributed by atoms with Crippen molar-refractivity contribution in [1.82, 2.24) is 15.0 Å². The van der Waals surface area contributed by atoms with Gasteiger partial charge >= 0.3 is 0 Å². The minimum absolute atomic E-state index is 0.342. The summed E-state index contributed by atoms with van der Waals surface area (Å²) in [7, 11) is 1.74. The maximum atomic E-state index is 5.70. The molecule has 1 atom stereocenters. The van der Waals surface area contributed by atoms with Crippen LogP contribution in [0.5, 0.6) is 0 Å². The number of nitrogens with two attached hydrogens (primary N) is 1. The van der Waals surface area contributed by atoms with Gasteiger partial charge in [-0.25, -0.2) is 4.68 Å². The molecule has 1 fully saturated rings. The standard InChI is InChI=1S/C14H26N4O/c1-11(8-10-19-2)18-14(12-5-3-4-6-12)13(7-9-15)16-17-18/h11-12H,3-10,15H2,1-2H3. The quantitative estimate of drug-likeness (QED) is 0.820. The Kier molecular flexibility index (Phi) is 5.34. The van der Waals surface area contributed by atoms with Gasteiger partial charge in [0.2, 0.25) is 0 Å². The largest absolute Gasteiger partial charge is 0.385 e. The van der Waals surface area contributed by atoms with Crippen molar-refractivity contribution in [2.45, 2.75) is 57.4 Å². The van der Waals surface area contributed by atoms with Crippen LogP contribution >= 0.6 is 0 Å². The second-order valence-electron chi connectivity index (χ2n) is 5.52. The van der Waals surface area contributed by atoms with Gasteiger partial charge in [-0.1, -0.05) is 18.1 Å². The van der Waals surface area contributed by atoms with Gasteiger partial charge in [-0.3, -0.25) is 0 Å². The second-order valence-corrected chi connectivity index (χ2v) is 5.52. The number of rotatable bonds is 7. The third-order valence-corrected chi connectivity index (χ3v) is 4.08. The fourth-order valence-electron chi connectivity index (χ4n) is 3.01. The maximum Gasteiger partial charge on any atom is 0.0874 e. The van der Waals surface area contributed by atoms with Crippen molar-refractivity contribution in [2.75, 3.05) is 20.3 Å². The zero-order chi connectivity index (χ0) is 13.7. The Balaban J connectivity index is 2.21. The predicted octanol–water partition coefficient (Wildman–Crippen LogP) is 2.03. The molecular weight excluding hydrogens is 240 g/mol. The fraction of sp³-hybridized carbons (Fsp3) is 0.857. The van der Waals surface area contributed by atoms with Crippen molar-refractivity contribution in [2.24, 2.45) is 5.73 Å². The molecule has 1 aliphatic carbocycles. The van der Waals surface area contributed by atoms with Gasteiger partial charge in [-0.15, -0.1) is 5.10 Å². The Hall–Kier alpha value is -0.940. The van der Waals surface area contributed by atoms with Crippen molar-refractivity contribution < 1.29 is 4.74 Å². The topological polar surface area (TPSA) is 66.0 Å². The van der Waals surface area contributed by atoms with E-state index in [4.69, 9.17) is 10.5 Å². The third kappa shape index (κ3) is 3.34. The van der Waals surface area contributed by atoms with Crippen LogP contribution in [0.15, 0.2) is 0 Å². The van der Waals surface area contributed by atoms with Gasteiger partial charge in [0.25, 0.3) is 0 Å². The lowest BCUT2D eigenvalue weighted by Gasteiger charge is -2.18. The zero-order valence-electron chi connectivity index (χ0n) is 12.1. The summed E-state index contributed by atoms with van der Waals surface area (Å²) in [5, 5.41) is 8.76. The van der Waals surface area contributed by atoms with Gasteiger partial charge in [0.1, 0.15) is 0 Å². The molecule has 2 N–H and O–H groups in total. The molecule has 1 aromatic heterocycles. The van der Waals surface area contributed by atoms with E-state index in [0.717, 1.165) is 25.1 Å². The first-order valence-electron chi connectivity index (χ1n) is 7.40. The van der Waals surface area contributed by atoms with E-state index in [0.29, 0.717) is 18.5 Å². The summed E-state index contributed by atoms with van der Waals surface area (Å²) in [4.78, 5) is 0. The third-order valence-electron chi connectivity index (χ3n) is 4.08. The molecule has 1 unspecified atom stereocenters. The molecule has 2 rings (SSSR count). The highest BCUT2D eigenvalue weighted by atomic mass is 16.5. The Morgan fingerprint density at radius 1 is 1.42 bits per heavy atom. The Labute approximate surface area is 115 Å². The molecule has 0 spiro atoms. The summed E-state index contributed by atoms with van der Waals surface area (Å²) in [6.07, 6.45) is 6.99. The van der Waals surface area contributed by atoms with Crippen LogP contribution in [0.1, 0.15) is 62.4 Å². The average Bonchev–Trinajstić information content (AvgIpc) is 3.04. The van der Waals surface area contributed by atoms with E-state index in [9.17, 15) is 0 Å². The summed E-state index contributed by atoms with van der Waals surface area (Å²) < 4.78 is 7.30. The van der Waals surface area contributed by atoms with E-state index in [-0.39, 0.29) is 0 Å². The highest BCUT2D eigenvalue weighted by Gasteiger charge is 2.26. The molecule has 0 radical (unpaired) electrons. The van der Waals surface area contributed by atoms with Gasteiger partial charge in [-0.2, -0.15) is 0 Å². The van der Waals surface area contributed by atoms with Crippen molar-refractivity contribution in [1.29, 1.82) is 0 Å². The number of methoxy groups -OCH3 is 1. The SMILES string of the molecule is COCCC(C)n1nnc(CCN)c1C1CCCC1. The average molecular weight is 266 g/mol. The van der Waals surface area contributed by atoms with E-state index >= 15 is 0 Å². The van der Waals surface area contributed by atoms with Crippen LogP contribution in [0.25, 0.3) is 0 Å². The first kappa shape index (κ1) is 14.5. The number of hydrogen-bond donors (Lipinski definition) is 1. The van der Waals surface area contributed by atoms with Crippen LogP contribution in [-0.2, 0) is 11.2 Å². The Bertz CT molecular complexity index is 385. The van der Waals surface area contributed by atoms with Gasteiger partial charge in [0.15, 0.2) is 0 Å². The molecule has 19 heavy (non-hydrogen) atoms. The molecule has 5 nitrogen and oxygen atoms in total. The lowest BCUT2D eigenvalue weighted by atomic mass is 9.99. The van der Waals surface area contributed by atoms with Crippen molar-refractivity contribution in [3.63, 3.8) is 0 Å². The maximum absolute atomic E-state index is 5.70. The molecule has 1 saturated carbocycles. The van der Waals surface area contributed by atoms with Crippen LogP contribution in [0.2, 0.25) is 0 Å². The van der Waals surface area contributed by atoms with Gasteiger partial charge in [0.05, 0.1) is 17.4 Å². The van der Waals surface area contributed by atoms with Gasteiger partial charge in [-0.05, 0) is 32.7 Å². The molecular formula is C14H26N4O. The van der Waals surface area contributed by atoms with Crippen LogP contribution in [0, 0.1) is 0 Å². The van der Waals surface area contributed by atoms with Crippen LogP contribution in [-0.4, -0.2) is 35.3 Å². The first-order valence-corrected chi connectivity index (χ1v) is 7.40. The van der Waals surface area contributed by atoms with Crippen molar-refractivity contribution >= 4 is 0 Å². The summed E-state index contributed by atoms with van der Waals surface area (Å²) in [6, 6.07) is 0.342. The smallest absolute Gasteiger partial charge is 0.0874 e. The molecule has 0 bridgehead atoms. The van der Waals surface area contributed by atoms with Gasteiger partial charge in [0, 0.05) is 26.1 Å². The number of aromatic nitrogens is 3. The number of hydrogen-bond acceptors (Lipinski definition) is 4. The van der Waals surface area contributed by atoms with Crippen molar-refractivity contribution in [3.8, 4) is 0 Å². The fourth-order valence-corrected chi connectivity index (χ4v) is 3.01. The van der Waals surface area contributed by atoms with E-state index in [1.165, 1.54) is 31.4 Å². The molecule has 1 aromatic rings. The summed E-state index contributed by atoms with van der Waals surface area (Å²) in [6.45, 7) is 3.60. The monoisotopic (exact) mass is 266 g/mol. The summed E-state index contributed by atoms with van der Waals surface area (Å²) in [5.74, 6) is 0.626. The molecule has 1 heterocycles. The normalized spacial score (nSPS) is 18.1.